The Morgan fingerprint density at radius 3 is 1.84 bits per heavy atom. The summed E-state index contributed by atoms with van der Waals surface area (Å²) >= 11 is 3.25. The minimum Gasteiger partial charge on any atom is -0.480 e. The lowest BCUT2D eigenvalue weighted by Gasteiger charge is -2.28. The monoisotopic (exact) mass is 956 g/mol. The molecule has 2 saturated heterocycles. The molecule has 0 spiro atoms. The third-order valence-corrected chi connectivity index (χ3v) is 14.1. The van der Waals surface area contributed by atoms with Crippen molar-refractivity contribution in [3.63, 3.8) is 0 Å². The molecule has 6 aromatic rings. The third-order valence-electron chi connectivity index (χ3n) is 12.2. The van der Waals surface area contributed by atoms with Gasteiger partial charge in [-0.15, -0.1) is 22.7 Å². The zero-order valence-electron chi connectivity index (χ0n) is 38.8. The number of thiazole rings is 2. The number of fused-ring (bicyclic) bond motifs is 2. The zero-order chi connectivity index (χ0) is 47.7. The number of carbonyl (C=O) groups is 3. The lowest BCUT2D eigenvalue weighted by Crippen LogP contribution is -2.46. The SMILES string of the molecule is C.CC[C@H](C)[C@H](N)C(=O)N1CCC[C@H]1c1nc(-c2ccc(F)c3ccccc23)cs1.CC[C@H](C)[C@H](NC(=O)OC(C)(C)C)C(=O)O.Fc1ccc(-c2csc([C@@H]3CCCN3)n2)c2ccccc12. The van der Waals surface area contributed by atoms with E-state index >= 15 is 0 Å². The summed E-state index contributed by atoms with van der Waals surface area (Å²) in [5, 5.41) is 24.0. The van der Waals surface area contributed by atoms with Crippen molar-refractivity contribution in [2.45, 2.75) is 124 Å². The molecule has 2 aliphatic heterocycles. The fourth-order valence-corrected chi connectivity index (χ4v) is 9.99. The Kier molecular flexibility index (Phi) is 18.5. The molecule has 67 heavy (non-hydrogen) atoms. The number of likely N-dealkylation sites (tertiary alicyclic amines) is 1. The quantitative estimate of drug-likeness (QED) is 0.0991. The first-order valence-electron chi connectivity index (χ1n) is 22.8. The number of amides is 2. The average Bonchev–Trinajstić information content (AvgIpc) is 4.16. The second-order valence-corrected chi connectivity index (χ2v) is 19.8. The molecule has 0 aliphatic carbocycles. The van der Waals surface area contributed by atoms with Crippen LogP contribution in [0, 0.1) is 23.5 Å². The molecule has 11 nitrogen and oxygen atoms in total. The number of nitrogens with two attached hydrogens (primary N) is 1. The van der Waals surface area contributed by atoms with Crippen LogP contribution in [0.2, 0.25) is 0 Å². The number of nitrogens with one attached hydrogen (secondary N) is 2. The first-order valence-corrected chi connectivity index (χ1v) is 24.5. The van der Waals surface area contributed by atoms with Gasteiger partial charge in [0.25, 0.3) is 0 Å². The number of carboxylic acid groups (broad SMARTS) is 1. The van der Waals surface area contributed by atoms with Crippen LogP contribution in [0.15, 0.2) is 83.6 Å². The maximum Gasteiger partial charge on any atom is 0.408 e. The van der Waals surface area contributed by atoms with Gasteiger partial charge >= 0.3 is 12.1 Å². The van der Waals surface area contributed by atoms with Gasteiger partial charge in [-0.25, -0.2) is 28.3 Å². The molecule has 0 bridgehead atoms. The smallest absolute Gasteiger partial charge is 0.408 e. The van der Waals surface area contributed by atoms with E-state index in [4.69, 9.17) is 25.5 Å². The molecule has 6 atom stereocenters. The average molecular weight is 957 g/mol. The van der Waals surface area contributed by atoms with E-state index in [0.717, 1.165) is 82.1 Å². The zero-order valence-corrected chi connectivity index (χ0v) is 40.4. The summed E-state index contributed by atoms with van der Waals surface area (Å²) in [6, 6.07) is 20.7. The van der Waals surface area contributed by atoms with Gasteiger partial charge in [0, 0.05) is 39.2 Å². The summed E-state index contributed by atoms with van der Waals surface area (Å²) in [5.41, 5.74) is 9.29. The van der Waals surface area contributed by atoms with Gasteiger partial charge in [-0.1, -0.05) is 96.5 Å². The van der Waals surface area contributed by atoms with E-state index in [9.17, 15) is 23.2 Å². The molecule has 2 amide bonds. The van der Waals surface area contributed by atoms with Crippen LogP contribution in [0.3, 0.4) is 0 Å². The molecule has 2 aliphatic rings. The number of hydrogen-bond acceptors (Lipinski definition) is 10. The van der Waals surface area contributed by atoms with Gasteiger partial charge in [0.05, 0.1) is 29.5 Å². The second-order valence-electron chi connectivity index (χ2n) is 18.0. The van der Waals surface area contributed by atoms with Gasteiger partial charge in [0.1, 0.15) is 33.3 Å². The van der Waals surface area contributed by atoms with E-state index in [1.54, 1.807) is 62.5 Å². The maximum atomic E-state index is 14.2. The van der Waals surface area contributed by atoms with Crippen LogP contribution in [-0.4, -0.2) is 68.7 Å². The predicted molar refractivity (Wildman–Crippen MR) is 268 cm³/mol. The highest BCUT2D eigenvalue weighted by Crippen LogP contribution is 2.38. The van der Waals surface area contributed by atoms with Crippen molar-refractivity contribution in [3.05, 3.63) is 105 Å². The Labute approximate surface area is 401 Å². The van der Waals surface area contributed by atoms with Crippen molar-refractivity contribution >= 4 is 62.2 Å². The third kappa shape index (κ3) is 13.0. The highest BCUT2D eigenvalue weighted by Gasteiger charge is 2.36. The van der Waals surface area contributed by atoms with E-state index in [1.165, 1.54) is 18.6 Å². The van der Waals surface area contributed by atoms with Crippen molar-refractivity contribution in [1.29, 1.82) is 0 Å². The van der Waals surface area contributed by atoms with E-state index < -0.39 is 29.7 Å². The van der Waals surface area contributed by atoms with Crippen molar-refractivity contribution < 1.29 is 33.0 Å². The number of rotatable bonds is 11. The van der Waals surface area contributed by atoms with Crippen LogP contribution in [0.1, 0.15) is 117 Å². The number of alkyl carbamates (subject to hydrolysis) is 1. The molecule has 4 aromatic carbocycles. The molecular weight excluding hydrogens is 891 g/mol. The van der Waals surface area contributed by atoms with Crippen molar-refractivity contribution in [1.82, 2.24) is 25.5 Å². The molecule has 15 heteroatoms. The molecule has 2 aromatic heterocycles. The van der Waals surface area contributed by atoms with Crippen molar-refractivity contribution in [3.8, 4) is 22.5 Å². The number of benzene rings is 4. The largest absolute Gasteiger partial charge is 0.480 e. The molecule has 8 rings (SSSR count). The lowest BCUT2D eigenvalue weighted by atomic mass is 9.98. The summed E-state index contributed by atoms with van der Waals surface area (Å²) in [5.74, 6) is -1.41. The molecule has 4 heterocycles. The Balaban J connectivity index is 0.000000196. The minimum atomic E-state index is -1.04. The van der Waals surface area contributed by atoms with Gasteiger partial charge < -0.3 is 31.1 Å². The second kappa shape index (κ2) is 23.6. The summed E-state index contributed by atoms with van der Waals surface area (Å²) in [4.78, 5) is 46.8. The van der Waals surface area contributed by atoms with Crippen LogP contribution >= 0.6 is 22.7 Å². The molecule has 2 fully saturated rings. The fourth-order valence-electron chi connectivity index (χ4n) is 8.10. The van der Waals surface area contributed by atoms with Gasteiger partial charge in [-0.3, -0.25) is 4.79 Å². The number of hydrogen-bond donors (Lipinski definition) is 4. The van der Waals surface area contributed by atoms with Gasteiger partial charge in [0.15, 0.2) is 0 Å². The summed E-state index contributed by atoms with van der Waals surface area (Å²) < 4.78 is 33.1. The molecule has 0 unspecified atom stereocenters. The Bertz CT molecular complexity index is 2610. The predicted octanol–water partition coefficient (Wildman–Crippen LogP) is 12.3. The maximum absolute atomic E-state index is 14.2. The molecule has 0 radical (unpaired) electrons. The Hall–Kier alpha value is -5.35. The number of carboxylic acids is 1. The number of carbonyl (C=O) groups excluding carboxylic acids is 2. The number of aliphatic carboxylic acids is 1. The molecule has 0 saturated carbocycles. The number of halogens is 2. The molecule has 5 N–H and O–H groups in total. The fraction of sp³-hybridized carbons (Fsp3) is 0.442. The van der Waals surface area contributed by atoms with Gasteiger partial charge in [0.2, 0.25) is 5.91 Å². The van der Waals surface area contributed by atoms with Gasteiger partial charge in [-0.05, 0) is 99.9 Å². The van der Waals surface area contributed by atoms with Crippen LogP contribution in [-0.2, 0) is 14.3 Å². The molecular formula is C52H66F2N6O5S2. The number of ether oxygens (including phenoxy) is 1. The Morgan fingerprint density at radius 1 is 0.821 bits per heavy atom. The number of aromatic nitrogens is 2. The van der Waals surface area contributed by atoms with Crippen LogP contribution < -0.4 is 16.4 Å². The topological polar surface area (TPSA) is 160 Å². The van der Waals surface area contributed by atoms with Crippen LogP contribution in [0.5, 0.6) is 0 Å². The first kappa shape index (κ1) is 52.6. The standard InChI is InChI=1S/C23H26FN3OS.C17H15FN2S.C11H21NO4.CH4/c1-3-14(2)21(25)23(28)27-12-6-9-20(27)22-26-19(13-29-22)17-10-11-18(24)16-8-5-4-7-15(16)17;18-14-8-7-13(11-4-1-2-5-12(11)14)16-10-21-17(20-16)15-6-3-9-19-15;1-6-7(2)8(9(13)14)12-10(15)16-11(3,4)5;/h4-5,7-8,10-11,13-14,20-21H,3,6,9,12,25H2,1-2H3;1-2,4-5,7-8,10,15,19H,3,6,9H2;7-8H,6H2,1-5H3,(H,12,15)(H,13,14);1H4/t14-,20-,21-;15-;7-,8-;/m000./s1. The number of nitrogens with zero attached hydrogens (tertiary/aromatic N) is 3. The van der Waals surface area contributed by atoms with Gasteiger partial charge in [-0.2, -0.15) is 0 Å². The van der Waals surface area contributed by atoms with E-state index in [2.05, 4.69) is 22.9 Å². The summed E-state index contributed by atoms with van der Waals surface area (Å²) in [6.45, 7) is 14.7. The van der Waals surface area contributed by atoms with Crippen LogP contribution in [0.4, 0.5) is 13.6 Å². The first-order chi connectivity index (χ1) is 31.5. The minimum absolute atomic E-state index is 0. The lowest BCUT2D eigenvalue weighted by molar-refractivity contribution is -0.141. The normalized spacial score (nSPS) is 17.6. The van der Waals surface area contributed by atoms with E-state index in [0.29, 0.717) is 23.2 Å². The van der Waals surface area contributed by atoms with Crippen molar-refractivity contribution in [2.75, 3.05) is 13.1 Å². The highest BCUT2D eigenvalue weighted by atomic mass is 32.1. The van der Waals surface area contributed by atoms with E-state index in [-0.39, 0.29) is 42.8 Å². The van der Waals surface area contributed by atoms with Crippen molar-refractivity contribution in [2.24, 2.45) is 17.6 Å². The van der Waals surface area contributed by atoms with E-state index in [1.807, 2.05) is 72.7 Å². The van der Waals surface area contributed by atoms with Crippen LogP contribution in [0.25, 0.3) is 44.1 Å². The molecule has 360 valence electrons. The summed E-state index contributed by atoms with van der Waals surface area (Å²) in [6.07, 6.45) is 5.07. The highest BCUT2D eigenvalue weighted by molar-refractivity contribution is 7.10. The summed E-state index contributed by atoms with van der Waals surface area (Å²) in [7, 11) is 0. The Morgan fingerprint density at radius 2 is 1.34 bits per heavy atom.